The van der Waals surface area contributed by atoms with Crippen molar-refractivity contribution in [3.05, 3.63) is 0 Å². The summed E-state index contributed by atoms with van der Waals surface area (Å²) in [5.41, 5.74) is 0. The summed E-state index contributed by atoms with van der Waals surface area (Å²) in [5, 5.41) is 0. The molecule has 2 heteroatoms. The van der Waals surface area contributed by atoms with Crippen LogP contribution in [0.2, 0.25) is 0 Å². The third-order valence-corrected chi connectivity index (χ3v) is 3.03. The summed E-state index contributed by atoms with van der Waals surface area (Å²) in [4.78, 5) is 1.97. The molecule has 3 rings (SSSR count). The molecule has 0 aromatic rings. The van der Waals surface area contributed by atoms with Gasteiger partial charge in [-0.2, -0.15) is 0 Å². The zero-order valence-electron chi connectivity index (χ0n) is 9.88. The first-order valence-electron chi connectivity index (χ1n) is 5.77. The monoisotopic (exact) mass is 181 g/mol. The molecule has 0 spiro atoms. The minimum Gasteiger partial charge on any atom is -0.353 e. The third-order valence-electron chi connectivity index (χ3n) is 3.03. The van der Waals surface area contributed by atoms with Crippen LogP contribution in [0.1, 0.15) is 41.0 Å². The standard InChI is InChI=1S/C7H12BN.2C2H6/c1-5-6-2-7(5)4-9(8)3-6;2*1-2/h5-7H,2-4H2,1H3;2*1-2H3. The van der Waals surface area contributed by atoms with E-state index in [0.29, 0.717) is 0 Å². The van der Waals surface area contributed by atoms with Gasteiger partial charge in [0.2, 0.25) is 0 Å². The summed E-state index contributed by atoms with van der Waals surface area (Å²) in [6.45, 7) is 12.6. The van der Waals surface area contributed by atoms with Gasteiger partial charge < -0.3 is 4.81 Å². The smallest absolute Gasteiger partial charge is 0.182 e. The van der Waals surface area contributed by atoms with E-state index in [1.807, 2.05) is 32.5 Å². The van der Waals surface area contributed by atoms with E-state index < -0.39 is 0 Å². The van der Waals surface area contributed by atoms with Crippen molar-refractivity contribution < 1.29 is 0 Å². The first-order chi connectivity index (χ1) is 6.27. The number of rotatable bonds is 0. The van der Waals surface area contributed by atoms with Gasteiger partial charge in [0.1, 0.15) is 0 Å². The Balaban J connectivity index is 0.000000322. The average molecular weight is 181 g/mol. The van der Waals surface area contributed by atoms with E-state index in [1.165, 1.54) is 6.42 Å². The van der Waals surface area contributed by atoms with E-state index in [1.54, 1.807) is 0 Å². The Labute approximate surface area is 85.3 Å². The molecule has 13 heavy (non-hydrogen) atoms. The molecule has 3 aliphatic rings. The van der Waals surface area contributed by atoms with Crippen LogP contribution in [0.25, 0.3) is 0 Å². The van der Waals surface area contributed by atoms with E-state index in [0.717, 1.165) is 30.8 Å². The normalized spacial score (nSPS) is 35.9. The SMILES string of the molecule is CC.CC.[B]N1CC2CC(C1)C2C. The Morgan fingerprint density at radius 2 is 1.38 bits per heavy atom. The molecule has 0 aromatic heterocycles. The summed E-state index contributed by atoms with van der Waals surface area (Å²) >= 11 is 0. The maximum absolute atomic E-state index is 5.65. The van der Waals surface area contributed by atoms with Gasteiger partial charge in [0.15, 0.2) is 7.98 Å². The van der Waals surface area contributed by atoms with Gasteiger partial charge in [0.25, 0.3) is 0 Å². The lowest BCUT2D eigenvalue weighted by atomic mass is 9.62. The lowest BCUT2D eigenvalue weighted by Gasteiger charge is -2.52. The second kappa shape index (κ2) is 6.47. The number of fused-ring (bicyclic) bond motifs is 2. The van der Waals surface area contributed by atoms with Crippen LogP contribution in [-0.4, -0.2) is 25.9 Å². The van der Waals surface area contributed by atoms with Crippen molar-refractivity contribution in [2.45, 2.75) is 41.0 Å². The van der Waals surface area contributed by atoms with Crippen LogP contribution in [0, 0.1) is 17.8 Å². The largest absolute Gasteiger partial charge is 0.353 e. The van der Waals surface area contributed by atoms with Crippen LogP contribution >= 0.6 is 0 Å². The molecule has 3 fully saturated rings. The van der Waals surface area contributed by atoms with Crippen LogP contribution in [-0.2, 0) is 0 Å². The van der Waals surface area contributed by atoms with Gasteiger partial charge in [0, 0.05) is 0 Å². The van der Waals surface area contributed by atoms with Gasteiger partial charge in [-0.05, 0) is 37.3 Å². The number of hydrogen-bond donors (Lipinski definition) is 0. The maximum atomic E-state index is 5.65. The Morgan fingerprint density at radius 3 is 1.62 bits per heavy atom. The molecular weight excluding hydrogens is 157 g/mol. The Kier molecular flexibility index (Phi) is 6.49. The molecule has 2 atom stereocenters. The predicted octanol–water partition coefficient (Wildman–Crippen LogP) is 2.71. The van der Waals surface area contributed by atoms with Crippen LogP contribution in [0.5, 0.6) is 0 Å². The summed E-state index contributed by atoms with van der Waals surface area (Å²) in [6.07, 6.45) is 1.44. The zero-order chi connectivity index (χ0) is 10.4. The second-order valence-corrected chi connectivity index (χ2v) is 3.57. The predicted molar refractivity (Wildman–Crippen MR) is 60.8 cm³/mol. The molecule has 2 radical (unpaired) electrons. The number of piperidine rings is 2. The van der Waals surface area contributed by atoms with Gasteiger partial charge >= 0.3 is 0 Å². The third kappa shape index (κ3) is 3.01. The van der Waals surface area contributed by atoms with Crippen LogP contribution in [0.15, 0.2) is 0 Å². The molecule has 1 aliphatic carbocycles. The molecule has 2 unspecified atom stereocenters. The number of hydrogen-bond acceptors (Lipinski definition) is 1. The van der Waals surface area contributed by atoms with Crippen molar-refractivity contribution in [1.29, 1.82) is 0 Å². The lowest BCUT2D eigenvalue weighted by Crippen LogP contribution is -2.53. The van der Waals surface area contributed by atoms with Crippen molar-refractivity contribution >= 4 is 7.98 Å². The van der Waals surface area contributed by atoms with E-state index in [9.17, 15) is 0 Å². The molecular formula is C11H24BN. The molecule has 2 aliphatic heterocycles. The van der Waals surface area contributed by atoms with Crippen molar-refractivity contribution in [2.75, 3.05) is 13.1 Å². The van der Waals surface area contributed by atoms with E-state index in [-0.39, 0.29) is 0 Å². The molecule has 0 aromatic carbocycles. The topological polar surface area (TPSA) is 3.24 Å². The van der Waals surface area contributed by atoms with E-state index in [2.05, 4.69) is 6.92 Å². The number of nitrogens with zero attached hydrogens (tertiary/aromatic N) is 1. The van der Waals surface area contributed by atoms with Gasteiger partial charge in [-0.3, -0.25) is 0 Å². The Bertz CT molecular complexity index is 115. The zero-order valence-corrected chi connectivity index (χ0v) is 9.88. The van der Waals surface area contributed by atoms with Crippen molar-refractivity contribution in [3.63, 3.8) is 0 Å². The van der Waals surface area contributed by atoms with Gasteiger partial charge in [-0.1, -0.05) is 34.6 Å². The Morgan fingerprint density at radius 1 is 1.00 bits per heavy atom. The Hall–Kier alpha value is 0.0249. The molecule has 1 nitrogen and oxygen atoms in total. The van der Waals surface area contributed by atoms with Gasteiger partial charge in [-0.15, -0.1) is 0 Å². The summed E-state index contributed by atoms with van der Waals surface area (Å²) < 4.78 is 0. The van der Waals surface area contributed by atoms with E-state index in [4.69, 9.17) is 7.98 Å². The molecule has 0 amide bonds. The summed E-state index contributed by atoms with van der Waals surface area (Å²) in [6, 6.07) is 0. The average Bonchev–Trinajstić information content (AvgIpc) is 2.23. The molecule has 0 N–H and O–H groups in total. The van der Waals surface area contributed by atoms with Crippen molar-refractivity contribution in [3.8, 4) is 0 Å². The minimum absolute atomic E-state index is 0.925. The van der Waals surface area contributed by atoms with Crippen molar-refractivity contribution in [1.82, 2.24) is 4.81 Å². The quantitative estimate of drug-likeness (QED) is 0.519. The summed E-state index contributed by atoms with van der Waals surface area (Å²) in [7, 11) is 5.65. The van der Waals surface area contributed by atoms with Crippen LogP contribution < -0.4 is 0 Å². The van der Waals surface area contributed by atoms with Gasteiger partial charge in [0.05, 0.1) is 0 Å². The highest BCUT2D eigenvalue weighted by Crippen LogP contribution is 2.44. The highest BCUT2D eigenvalue weighted by Gasteiger charge is 2.41. The maximum Gasteiger partial charge on any atom is 0.182 e. The fraction of sp³-hybridized carbons (Fsp3) is 1.00. The molecule has 2 saturated heterocycles. The highest BCUT2D eigenvalue weighted by atomic mass is 15.1. The van der Waals surface area contributed by atoms with E-state index >= 15 is 0 Å². The molecule has 76 valence electrons. The van der Waals surface area contributed by atoms with Crippen LogP contribution in [0.3, 0.4) is 0 Å². The lowest BCUT2D eigenvalue weighted by molar-refractivity contribution is 0.00376. The molecule has 2 heterocycles. The van der Waals surface area contributed by atoms with Crippen LogP contribution in [0.4, 0.5) is 0 Å². The summed E-state index contributed by atoms with van der Waals surface area (Å²) in [5.74, 6) is 2.81. The first kappa shape index (κ1) is 13.0. The first-order valence-corrected chi connectivity index (χ1v) is 5.77. The fourth-order valence-corrected chi connectivity index (χ4v) is 2.17. The van der Waals surface area contributed by atoms with Gasteiger partial charge in [-0.25, -0.2) is 0 Å². The molecule has 2 bridgehead atoms. The highest BCUT2D eigenvalue weighted by molar-refractivity contribution is 6.04. The second-order valence-electron chi connectivity index (χ2n) is 3.57. The fourth-order valence-electron chi connectivity index (χ4n) is 2.17. The minimum atomic E-state index is 0.925. The van der Waals surface area contributed by atoms with Crippen molar-refractivity contribution in [2.24, 2.45) is 17.8 Å². The molecule has 1 saturated carbocycles.